The number of rotatable bonds is 11. The third-order valence-electron chi connectivity index (χ3n) is 2.70. The van der Waals surface area contributed by atoms with Crippen molar-refractivity contribution in [1.29, 1.82) is 0 Å². The van der Waals surface area contributed by atoms with E-state index in [1.54, 1.807) is 0 Å². The Morgan fingerprint density at radius 3 is 1.85 bits per heavy atom. The Morgan fingerprint density at radius 2 is 1.35 bits per heavy atom. The lowest BCUT2D eigenvalue weighted by atomic mass is 10.2. The minimum absolute atomic E-state index is 0.0414. The SMILES string of the molecule is CCCCCC(=O)OCCC.CCCCCCC(=O)O. The second-order valence-corrected chi connectivity index (χ2v) is 4.88. The van der Waals surface area contributed by atoms with Crippen LogP contribution in [0.3, 0.4) is 0 Å². The Balaban J connectivity index is 0. The highest BCUT2D eigenvalue weighted by molar-refractivity contribution is 5.69. The van der Waals surface area contributed by atoms with Gasteiger partial charge in [0.25, 0.3) is 0 Å². The number of carboxylic acid groups (broad SMARTS) is 1. The van der Waals surface area contributed by atoms with Gasteiger partial charge in [-0.15, -0.1) is 0 Å². The summed E-state index contributed by atoms with van der Waals surface area (Å²) in [4.78, 5) is 20.8. The summed E-state index contributed by atoms with van der Waals surface area (Å²) in [6.07, 6.45) is 9.31. The zero-order valence-electron chi connectivity index (χ0n) is 13.5. The largest absolute Gasteiger partial charge is 0.481 e. The molecular formula is C16H32O4. The van der Waals surface area contributed by atoms with Gasteiger partial charge in [0, 0.05) is 12.8 Å². The van der Waals surface area contributed by atoms with Crippen LogP contribution in [-0.4, -0.2) is 23.7 Å². The Kier molecular flexibility index (Phi) is 19.1. The van der Waals surface area contributed by atoms with Crippen LogP contribution in [0.4, 0.5) is 0 Å². The van der Waals surface area contributed by atoms with Crippen LogP contribution in [0.1, 0.15) is 85.0 Å². The summed E-state index contributed by atoms with van der Waals surface area (Å²) in [5, 5.41) is 8.21. The molecule has 0 unspecified atom stereocenters. The predicted octanol–water partition coefficient (Wildman–Crippen LogP) is 4.56. The van der Waals surface area contributed by atoms with Crippen molar-refractivity contribution in [2.75, 3.05) is 6.61 Å². The molecule has 20 heavy (non-hydrogen) atoms. The lowest BCUT2D eigenvalue weighted by molar-refractivity contribution is -0.143. The van der Waals surface area contributed by atoms with E-state index in [1.807, 2.05) is 6.92 Å². The van der Waals surface area contributed by atoms with Gasteiger partial charge in [0.05, 0.1) is 6.61 Å². The van der Waals surface area contributed by atoms with Crippen molar-refractivity contribution < 1.29 is 19.4 Å². The number of hydrogen-bond acceptors (Lipinski definition) is 3. The van der Waals surface area contributed by atoms with Gasteiger partial charge < -0.3 is 9.84 Å². The van der Waals surface area contributed by atoms with E-state index in [1.165, 1.54) is 6.42 Å². The van der Waals surface area contributed by atoms with Crippen LogP contribution in [-0.2, 0) is 14.3 Å². The number of esters is 1. The van der Waals surface area contributed by atoms with Crippen LogP contribution in [0.2, 0.25) is 0 Å². The number of aliphatic carboxylic acids is 1. The highest BCUT2D eigenvalue weighted by Gasteiger charge is 1.99. The van der Waals surface area contributed by atoms with Gasteiger partial charge in [-0.1, -0.05) is 52.9 Å². The molecule has 0 aliphatic rings. The molecule has 0 heterocycles. The zero-order chi connectivity index (χ0) is 15.6. The van der Waals surface area contributed by atoms with Gasteiger partial charge in [-0.2, -0.15) is 0 Å². The maximum Gasteiger partial charge on any atom is 0.305 e. The van der Waals surface area contributed by atoms with Crippen molar-refractivity contribution in [3.05, 3.63) is 0 Å². The van der Waals surface area contributed by atoms with Gasteiger partial charge in [-0.05, 0) is 19.3 Å². The molecule has 0 atom stereocenters. The lowest BCUT2D eigenvalue weighted by Crippen LogP contribution is -2.04. The van der Waals surface area contributed by atoms with Crippen LogP contribution in [0.15, 0.2) is 0 Å². The second kappa shape index (κ2) is 17.9. The van der Waals surface area contributed by atoms with E-state index in [0.717, 1.165) is 44.9 Å². The average molecular weight is 288 g/mol. The second-order valence-electron chi connectivity index (χ2n) is 4.88. The number of carbonyl (C=O) groups is 2. The third-order valence-corrected chi connectivity index (χ3v) is 2.70. The third kappa shape index (κ3) is 22.1. The number of carbonyl (C=O) groups excluding carboxylic acids is 1. The molecular weight excluding hydrogens is 256 g/mol. The molecule has 0 aliphatic heterocycles. The van der Waals surface area contributed by atoms with Gasteiger partial charge in [0.1, 0.15) is 0 Å². The number of ether oxygens (including phenoxy) is 1. The quantitative estimate of drug-likeness (QED) is 0.447. The molecule has 0 aromatic heterocycles. The van der Waals surface area contributed by atoms with E-state index in [-0.39, 0.29) is 5.97 Å². The summed E-state index contributed by atoms with van der Waals surface area (Å²) < 4.78 is 4.90. The molecule has 120 valence electrons. The molecule has 0 bridgehead atoms. The molecule has 0 saturated heterocycles. The van der Waals surface area contributed by atoms with Crippen molar-refractivity contribution in [2.24, 2.45) is 0 Å². The minimum Gasteiger partial charge on any atom is -0.481 e. The molecule has 0 amide bonds. The van der Waals surface area contributed by atoms with Crippen molar-refractivity contribution in [3.8, 4) is 0 Å². The van der Waals surface area contributed by atoms with E-state index in [2.05, 4.69) is 13.8 Å². The summed E-state index contributed by atoms with van der Waals surface area (Å²) >= 11 is 0. The van der Waals surface area contributed by atoms with Gasteiger partial charge in [0.2, 0.25) is 0 Å². The van der Waals surface area contributed by atoms with Crippen LogP contribution >= 0.6 is 0 Å². The smallest absolute Gasteiger partial charge is 0.305 e. The molecule has 0 radical (unpaired) electrons. The van der Waals surface area contributed by atoms with Crippen molar-refractivity contribution in [1.82, 2.24) is 0 Å². The maximum absolute atomic E-state index is 10.9. The van der Waals surface area contributed by atoms with Gasteiger partial charge in [-0.3, -0.25) is 9.59 Å². The molecule has 0 aromatic rings. The first-order chi connectivity index (χ1) is 9.58. The lowest BCUT2D eigenvalue weighted by Gasteiger charge is -2.01. The summed E-state index contributed by atoms with van der Waals surface area (Å²) in [6.45, 7) is 6.81. The molecule has 0 fully saturated rings. The Bertz CT molecular complexity index is 227. The minimum atomic E-state index is -0.675. The van der Waals surface area contributed by atoms with Gasteiger partial charge in [-0.25, -0.2) is 0 Å². The van der Waals surface area contributed by atoms with Gasteiger partial charge >= 0.3 is 11.9 Å². The summed E-state index contributed by atoms with van der Waals surface area (Å²) in [5.41, 5.74) is 0. The Labute approximate surface area is 123 Å². The highest BCUT2D eigenvalue weighted by atomic mass is 16.5. The average Bonchev–Trinajstić information content (AvgIpc) is 2.42. The number of hydrogen-bond donors (Lipinski definition) is 1. The molecule has 4 heteroatoms. The summed E-state index contributed by atoms with van der Waals surface area (Å²) in [7, 11) is 0. The Hall–Kier alpha value is -1.06. The first-order valence-electron chi connectivity index (χ1n) is 7.95. The van der Waals surface area contributed by atoms with Crippen LogP contribution < -0.4 is 0 Å². The number of carboxylic acids is 1. The van der Waals surface area contributed by atoms with Gasteiger partial charge in [0.15, 0.2) is 0 Å². The Morgan fingerprint density at radius 1 is 0.800 bits per heavy atom. The van der Waals surface area contributed by atoms with Crippen molar-refractivity contribution in [2.45, 2.75) is 85.0 Å². The maximum atomic E-state index is 10.9. The molecule has 0 aliphatic carbocycles. The molecule has 0 saturated carbocycles. The van der Waals surface area contributed by atoms with E-state index in [4.69, 9.17) is 9.84 Å². The standard InChI is InChI=1S/C9H18O2.C7H14O2/c1-3-5-6-7-9(10)11-8-4-2;1-2-3-4-5-6-7(8)9/h3-8H2,1-2H3;2-6H2,1H3,(H,8,9). The van der Waals surface area contributed by atoms with E-state index in [9.17, 15) is 9.59 Å². The molecule has 0 spiro atoms. The van der Waals surface area contributed by atoms with Crippen LogP contribution in [0.5, 0.6) is 0 Å². The first kappa shape index (κ1) is 21.2. The van der Waals surface area contributed by atoms with Crippen LogP contribution in [0.25, 0.3) is 0 Å². The van der Waals surface area contributed by atoms with Crippen LogP contribution in [0, 0.1) is 0 Å². The van der Waals surface area contributed by atoms with E-state index in [0.29, 0.717) is 19.4 Å². The van der Waals surface area contributed by atoms with E-state index >= 15 is 0 Å². The fourth-order valence-electron chi connectivity index (χ4n) is 1.51. The molecule has 0 aromatic carbocycles. The normalized spacial score (nSPS) is 9.55. The topological polar surface area (TPSA) is 63.6 Å². The fraction of sp³-hybridized carbons (Fsp3) is 0.875. The monoisotopic (exact) mass is 288 g/mol. The van der Waals surface area contributed by atoms with E-state index < -0.39 is 5.97 Å². The fourth-order valence-corrected chi connectivity index (χ4v) is 1.51. The highest BCUT2D eigenvalue weighted by Crippen LogP contribution is 2.01. The zero-order valence-corrected chi connectivity index (χ0v) is 13.5. The first-order valence-corrected chi connectivity index (χ1v) is 7.95. The molecule has 1 N–H and O–H groups in total. The van der Waals surface area contributed by atoms with Crippen molar-refractivity contribution >= 4 is 11.9 Å². The molecule has 0 rings (SSSR count). The summed E-state index contributed by atoms with van der Waals surface area (Å²) in [5.74, 6) is -0.716. The predicted molar refractivity (Wildman–Crippen MR) is 81.8 cm³/mol. The van der Waals surface area contributed by atoms with Crippen molar-refractivity contribution in [3.63, 3.8) is 0 Å². The summed E-state index contributed by atoms with van der Waals surface area (Å²) in [6, 6.07) is 0. The molecule has 4 nitrogen and oxygen atoms in total. The number of unbranched alkanes of at least 4 members (excludes halogenated alkanes) is 5.